The van der Waals surface area contributed by atoms with Gasteiger partial charge in [0.2, 0.25) is 0 Å². The molecular formula is C19H22ClN3O3. The Labute approximate surface area is 158 Å². The molecule has 2 aromatic carbocycles. The van der Waals surface area contributed by atoms with Crippen molar-refractivity contribution in [3.8, 4) is 0 Å². The van der Waals surface area contributed by atoms with Gasteiger partial charge in [-0.15, -0.1) is 0 Å². The second kappa shape index (κ2) is 8.03. The van der Waals surface area contributed by atoms with Crippen LogP contribution in [0.1, 0.15) is 23.8 Å². The number of hydrogen-bond acceptors (Lipinski definition) is 5. The monoisotopic (exact) mass is 375 g/mol. The summed E-state index contributed by atoms with van der Waals surface area (Å²) < 4.78 is 6.05. The predicted octanol–water partition coefficient (Wildman–Crippen LogP) is 4.24. The summed E-state index contributed by atoms with van der Waals surface area (Å²) in [5.41, 5.74) is 2.94. The van der Waals surface area contributed by atoms with Gasteiger partial charge in [0.25, 0.3) is 5.69 Å². The van der Waals surface area contributed by atoms with E-state index in [-0.39, 0.29) is 16.8 Å². The molecule has 0 N–H and O–H groups in total. The van der Waals surface area contributed by atoms with Gasteiger partial charge in [-0.3, -0.25) is 15.0 Å². The second-order valence-corrected chi connectivity index (χ2v) is 7.00. The van der Waals surface area contributed by atoms with Crippen molar-refractivity contribution in [1.29, 1.82) is 0 Å². The van der Waals surface area contributed by atoms with Crippen LogP contribution in [0, 0.1) is 10.1 Å². The molecule has 0 amide bonds. The molecule has 1 fully saturated rings. The lowest BCUT2D eigenvalue weighted by Crippen LogP contribution is -2.37. The van der Waals surface area contributed by atoms with E-state index in [0.717, 1.165) is 29.8 Å². The van der Waals surface area contributed by atoms with Crippen molar-refractivity contribution in [3.63, 3.8) is 0 Å². The van der Waals surface area contributed by atoms with Crippen LogP contribution < -0.4 is 4.90 Å². The highest BCUT2D eigenvalue weighted by atomic mass is 35.5. The predicted molar refractivity (Wildman–Crippen MR) is 103 cm³/mol. The van der Waals surface area contributed by atoms with Crippen LogP contribution in [0.3, 0.4) is 0 Å². The van der Waals surface area contributed by atoms with Crippen molar-refractivity contribution in [2.24, 2.45) is 0 Å². The van der Waals surface area contributed by atoms with Crippen LogP contribution in [-0.4, -0.2) is 37.1 Å². The zero-order chi connectivity index (χ0) is 18.7. The van der Waals surface area contributed by atoms with Crippen molar-refractivity contribution >= 4 is 23.0 Å². The summed E-state index contributed by atoms with van der Waals surface area (Å²) in [4.78, 5) is 15.0. The molecule has 26 heavy (non-hydrogen) atoms. The van der Waals surface area contributed by atoms with E-state index in [1.54, 1.807) is 12.1 Å². The molecule has 3 rings (SSSR count). The number of nitrogens with zero attached hydrogens (tertiary/aromatic N) is 3. The maximum absolute atomic E-state index is 11.2. The second-order valence-electron chi connectivity index (χ2n) is 6.57. The van der Waals surface area contributed by atoms with Gasteiger partial charge in [0, 0.05) is 55.6 Å². The van der Waals surface area contributed by atoms with Gasteiger partial charge in [0.15, 0.2) is 0 Å². The quantitative estimate of drug-likeness (QED) is 0.578. The normalized spacial score (nSPS) is 17.9. The Balaban J connectivity index is 1.94. The lowest BCUT2D eigenvalue weighted by molar-refractivity contribution is -0.385. The minimum absolute atomic E-state index is 0.0752. The molecule has 0 aromatic heterocycles. The van der Waals surface area contributed by atoms with Gasteiger partial charge in [-0.1, -0.05) is 23.7 Å². The number of nitro groups is 1. The number of nitro benzene ring substituents is 1. The van der Waals surface area contributed by atoms with Crippen LogP contribution in [0.25, 0.3) is 0 Å². The van der Waals surface area contributed by atoms with Crippen molar-refractivity contribution in [2.75, 3.05) is 32.1 Å². The van der Waals surface area contributed by atoms with Crippen LogP contribution in [0.5, 0.6) is 0 Å². The highest BCUT2D eigenvalue weighted by Crippen LogP contribution is 2.36. The van der Waals surface area contributed by atoms with Gasteiger partial charge in [-0.2, -0.15) is 0 Å². The molecule has 1 atom stereocenters. The van der Waals surface area contributed by atoms with Gasteiger partial charge in [-0.25, -0.2) is 0 Å². The van der Waals surface area contributed by atoms with Crippen molar-refractivity contribution in [1.82, 2.24) is 4.90 Å². The van der Waals surface area contributed by atoms with Crippen LogP contribution in [-0.2, 0) is 11.3 Å². The molecule has 0 spiro atoms. The van der Waals surface area contributed by atoms with Gasteiger partial charge >= 0.3 is 0 Å². The number of halogens is 1. The fourth-order valence-electron chi connectivity index (χ4n) is 3.22. The minimum atomic E-state index is -0.366. The van der Waals surface area contributed by atoms with E-state index in [1.807, 2.05) is 43.3 Å². The molecule has 1 heterocycles. The summed E-state index contributed by atoms with van der Waals surface area (Å²) >= 11 is 5.97. The first-order valence-electron chi connectivity index (χ1n) is 8.51. The van der Waals surface area contributed by atoms with Crippen molar-refractivity contribution < 1.29 is 9.66 Å². The first-order chi connectivity index (χ1) is 12.5. The SMILES string of the molecule is CN(C)c1ccc([N+](=O)[O-])cc1[C@@H]1OCCCN1Cc1ccc(Cl)cc1. The lowest BCUT2D eigenvalue weighted by Gasteiger charge is -2.37. The summed E-state index contributed by atoms with van der Waals surface area (Å²) in [5, 5.41) is 11.9. The summed E-state index contributed by atoms with van der Waals surface area (Å²) in [7, 11) is 3.86. The molecule has 138 valence electrons. The Kier molecular flexibility index (Phi) is 5.76. The van der Waals surface area contributed by atoms with Crippen molar-refractivity contribution in [3.05, 3.63) is 68.7 Å². The average Bonchev–Trinajstić information content (AvgIpc) is 2.63. The lowest BCUT2D eigenvalue weighted by atomic mass is 10.1. The molecule has 0 bridgehead atoms. The maximum atomic E-state index is 11.2. The van der Waals surface area contributed by atoms with E-state index < -0.39 is 0 Å². The number of benzene rings is 2. The zero-order valence-corrected chi connectivity index (χ0v) is 15.6. The molecule has 6 nitrogen and oxygen atoms in total. The molecule has 7 heteroatoms. The van der Waals surface area contributed by atoms with E-state index >= 15 is 0 Å². The highest BCUT2D eigenvalue weighted by Gasteiger charge is 2.29. The van der Waals surface area contributed by atoms with Crippen LogP contribution in [0.2, 0.25) is 5.02 Å². The smallest absolute Gasteiger partial charge is 0.270 e. The molecule has 1 saturated heterocycles. The molecule has 2 aromatic rings. The first kappa shape index (κ1) is 18.6. The molecule has 0 unspecified atom stereocenters. The third kappa shape index (κ3) is 4.15. The first-order valence-corrected chi connectivity index (χ1v) is 8.89. The summed E-state index contributed by atoms with van der Waals surface area (Å²) in [6.07, 6.45) is 0.604. The van der Waals surface area contributed by atoms with E-state index in [2.05, 4.69) is 4.90 Å². The average molecular weight is 376 g/mol. The standard InChI is InChI=1S/C19H22ClN3O3/c1-21(2)18-9-8-16(23(24)25)12-17(18)19-22(10-3-11-26-19)13-14-4-6-15(20)7-5-14/h4-9,12,19H,3,10-11,13H2,1-2H3/t19-/m0/s1. The topological polar surface area (TPSA) is 58.9 Å². The van der Waals surface area contributed by atoms with Crippen molar-refractivity contribution in [2.45, 2.75) is 19.2 Å². The zero-order valence-electron chi connectivity index (χ0n) is 14.9. The van der Waals surface area contributed by atoms with E-state index in [9.17, 15) is 10.1 Å². The Morgan fingerprint density at radius 2 is 2.00 bits per heavy atom. The molecule has 0 saturated carbocycles. The van der Waals surface area contributed by atoms with E-state index in [0.29, 0.717) is 18.2 Å². The molecule has 1 aliphatic heterocycles. The molecule has 1 aliphatic rings. The summed E-state index contributed by atoms with van der Waals surface area (Å²) in [6.45, 7) is 2.19. The number of ether oxygens (including phenoxy) is 1. The Morgan fingerprint density at radius 1 is 1.27 bits per heavy atom. The largest absolute Gasteiger partial charge is 0.377 e. The Hall–Kier alpha value is -2.15. The number of rotatable bonds is 5. The van der Waals surface area contributed by atoms with Gasteiger partial charge in [0.05, 0.1) is 11.5 Å². The fraction of sp³-hybridized carbons (Fsp3) is 0.368. The maximum Gasteiger partial charge on any atom is 0.270 e. The number of non-ortho nitro benzene ring substituents is 1. The third-order valence-corrected chi connectivity index (χ3v) is 4.72. The van der Waals surface area contributed by atoms with Crippen LogP contribution in [0.15, 0.2) is 42.5 Å². The fourth-order valence-corrected chi connectivity index (χ4v) is 3.34. The Morgan fingerprint density at radius 3 is 2.65 bits per heavy atom. The molecule has 0 aliphatic carbocycles. The van der Waals surface area contributed by atoms with Gasteiger partial charge in [0.1, 0.15) is 6.23 Å². The molecular weight excluding hydrogens is 354 g/mol. The van der Waals surface area contributed by atoms with Gasteiger partial charge < -0.3 is 9.64 Å². The number of anilines is 1. The van der Waals surface area contributed by atoms with E-state index in [1.165, 1.54) is 6.07 Å². The summed E-state index contributed by atoms with van der Waals surface area (Å²) in [6, 6.07) is 12.7. The molecule has 0 radical (unpaired) electrons. The van der Waals surface area contributed by atoms with E-state index in [4.69, 9.17) is 16.3 Å². The Bertz CT molecular complexity index is 780. The minimum Gasteiger partial charge on any atom is -0.377 e. The highest BCUT2D eigenvalue weighted by molar-refractivity contribution is 6.30. The van der Waals surface area contributed by atoms with Gasteiger partial charge in [-0.05, 0) is 30.2 Å². The number of hydrogen-bond donors (Lipinski definition) is 0. The van der Waals surface area contributed by atoms with Crippen LogP contribution >= 0.6 is 11.6 Å². The summed E-state index contributed by atoms with van der Waals surface area (Å²) in [5.74, 6) is 0. The van der Waals surface area contributed by atoms with Crippen LogP contribution in [0.4, 0.5) is 11.4 Å². The third-order valence-electron chi connectivity index (χ3n) is 4.47.